The summed E-state index contributed by atoms with van der Waals surface area (Å²) in [6.07, 6.45) is 1.98. The number of unbranched alkanes of at least 4 members (excludes halogenated alkanes) is 2. The fourth-order valence-electron chi connectivity index (χ4n) is 1.39. The Balaban J connectivity index is 2.68. The van der Waals surface area contributed by atoms with Gasteiger partial charge >= 0.3 is 0 Å². The normalized spacial score (nSPS) is 11.6. The molecule has 0 fully saturated rings. The van der Waals surface area contributed by atoms with E-state index in [1.165, 1.54) is 0 Å². The highest BCUT2D eigenvalue weighted by molar-refractivity contribution is 9.10. The van der Waals surface area contributed by atoms with E-state index < -0.39 is 9.84 Å². The van der Waals surface area contributed by atoms with Crippen LogP contribution in [-0.4, -0.2) is 25.9 Å². The van der Waals surface area contributed by atoms with E-state index in [1.54, 1.807) is 24.3 Å². The van der Waals surface area contributed by atoms with Crippen molar-refractivity contribution in [2.24, 2.45) is 0 Å². The maximum atomic E-state index is 11.9. The van der Waals surface area contributed by atoms with Gasteiger partial charge in [-0.2, -0.15) is 0 Å². The summed E-state index contributed by atoms with van der Waals surface area (Å²) in [6, 6.07) is 6.83. The minimum Gasteiger partial charge on any atom is -0.396 e. The van der Waals surface area contributed by atoms with Gasteiger partial charge in [0.1, 0.15) is 0 Å². The van der Waals surface area contributed by atoms with Crippen molar-refractivity contribution >= 4 is 25.8 Å². The van der Waals surface area contributed by atoms with Crippen molar-refractivity contribution < 1.29 is 13.5 Å². The van der Waals surface area contributed by atoms with Crippen LogP contribution in [0, 0.1) is 0 Å². The van der Waals surface area contributed by atoms with Gasteiger partial charge in [0.25, 0.3) is 0 Å². The van der Waals surface area contributed by atoms with Crippen LogP contribution in [0.3, 0.4) is 0 Å². The fourth-order valence-corrected chi connectivity index (χ4v) is 3.87. The largest absolute Gasteiger partial charge is 0.396 e. The van der Waals surface area contributed by atoms with Gasteiger partial charge in [-0.05, 0) is 40.9 Å². The topological polar surface area (TPSA) is 54.4 Å². The summed E-state index contributed by atoms with van der Waals surface area (Å²) in [4.78, 5) is 0.346. The summed E-state index contributed by atoms with van der Waals surface area (Å²) in [5, 5.41) is 8.60. The minimum atomic E-state index is -3.20. The van der Waals surface area contributed by atoms with Crippen molar-refractivity contribution in [3.05, 3.63) is 28.7 Å². The molecule has 0 aliphatic rings. The molecule has 1 aromatic carbocycles. The molecule has 0 heterocycles. The summed E-state index contributed by atoms with van der Waals surface area (Å²) in [5.74, 6) is 0.135. The average molecular weight is 307 g/mol. The lowest BCUT2D eigenvalue weighted by Crippen LogP contribution is -2.07. The van der Waals surface area contributed by atoms with Gasteiger partial charge < -0.3 is 5.11 Å². The Morgan fingerprint density at radius 1 is 1.12 bits per heavy atom. The molecule has 16 heavy (non-hydrogen) atoms. The third kappa shape index (κ3) is 3.88. The Kier molecular flexibility index (Phi) is 5.44. The van der Waals surface area contributed by atoms with Crippen LogP contribution in [0.2, 0.25) is 0 Å². The van der Waals surface area contributed by atoms with Crippen LogP contribution in [0.4, 0.5) is 0 Å². The first-order valence-electron chi connectivity index (χ1n) is 5.16. The standard InChI is InChI=1S/C11H15BrO3S/c12-10-6-2-3-7-11(10)16(14,15)9-5-1-4-8-13/h2-3,6-7,13H,1,4-5,8-9H2. The van der Waals surface area contributed by atoms with Gasteiger partial charge in [0.05, 0.1) is 10.6 Å². The predicted molar refractivity (Wildman–Crippen MR) is 67.1 cm³/mol. The van der Waals surface area contributed by atoms with E-state index in [0.717, 1.165) is 6.42 Å². The molecule has 0 spiro atoms. The van der Waals surface area contributed by atoms with Gasteiger partial charge in [-0.15, -0.1) is 0 Å². The molecule has 0 aromatic heterocycles. The zero-order valence-corrected chi connectivity index (χ0v) is 11.3. The van der Waals surface area contributed by atoms with Gasteiger partial charge in [-0.1, -0.05) is 18.6 Å². The summed E-state index contributed by atoms with van der Waals surface area (Å²) in [7, 11) is -3.20. The molecule has 3 nitrogen and oxygen atoms in total. The second kappa shape index (κ2) is 6.37. The number of halogens is 1. The third-order valence-electron chi connectivity index (χ3n) is 2.24. The number of hydrogen-bond donors (Lipinski definition) is 1. The van der Waals surface area contributed by atoms with Gasteiger partial charge in [-0.25, -0.2) is 8.42 Å². The summed E-state index contributed by atoms with van der Waals surface area (Å²) < 4.78 is 24.5. The molecule has 0 radical (unpaired) electrons. The maximum Gasteiger partial charge on any atom is 0.179 e. The van der Waals surface area contributed by atoms with Gasteiger partial charge in [0.2, 0.25) is 0 Å². The summed E-state index contributed by atoms with van der Waals surface area (Å²) >= 11 is 3.24. The number of hydrogen-bond acceptors (Lipinski definition) is 3. The van der Waals surface area contributed by atoms with Crippen LogP contribution >= 0.6 is 15.9 Å². The third-order valence-corrected chi connectivity index (χ3v) is 5.05. The molecule has 0 saturated carbocycles. The Morgan fingerprint density at radius 3 is 2.44 bits per heavy atom. The Labute approximate surface area is 105 Å². The van der Waals surface area contributed by atoms with Gasteiger partial charge in [0.15, 0.2) is 9.84 Å². The number of aliphatic hydroxyl groups is 1. The van der Waals surface area contributed by atoms with Crippen molar-refractivity contribution in [3.8, 4) is 0 Å². The van der Waals surface area contributed by atoms with Crippen LogP contribution in [-0.2, 0) is 9.84 Å². The maximum absolute atomic E-state index is 11.9. The molecule has 90 valence electrons. The second-order valence-corrected chi connectivity index (χ2v) is 6.47. The number of aliphatic hydroxyl groups excluding tert-OH is 1. The second-order valence-electron chi connectivity index (χ2n) is 3.53. The molecule has 0 amide bonds. The number of benzene rings is 1. The van der Waals surface area contributed by atoms with Crippen molar-refractivity contribution in [1.82, 2.24) is 0 Å². The average Bonchev–Trinajstić information content (AvgIpc) is 2.25. The lowest BCUT2D eigenvalue weighted by Gasteiger charge is -2.05. The fraction of sp³-hybridized carbons (Fsp3) is 0.455. The van der Waals surface area contributed by atoms with Crippen LogP contribution in [0.25, 0.3) is 0 Å². The van der Waals surface area contributed by atoms with Crippen molar-refractivity contribution in [1.29, 1.82) is 0 Å². The lowest BCUT2D eigenvalue weighted by molar-refractivity contribution is 0.284. The summed E-state index contributed by atoms with van der Waals surface area (Å²) in [6.45, 7) is 0.120. The first-order chi connectivity index (χ1) is 7.58. The zero-order chi connectivity index (χ0) is 12.0. The molecule has 0 aliphatic carbocycles. The Morgan fingerprint density at radius 2 is 1.81 bits per heavy atom. The zero-order valence-electron chi connectivity index (χ0n) is 8.89. The van der Waals surface area contributed by atoms with Crippen molar-refractivity contribution in [2.75, 3.05) is 12.4 Å². The van der Waals surface area contributed by atoms with E-state index in [0.29, 0.717) is 22.2 Å². The van der Waals surface area contributed by atoms with Crippen LogP contribution in [0.5, 0.6) is 0 Å². The number of sulfone groups is 1. The van der Waals surface area contributed by atoms with E-state index in [1.807, 2.05) is 0 Å². The molecular weight excluding hydrogens is 292 g/mol. The van der Waals surface area contributed by atoms with Crippen molar-refractivity contribution in [2.45, 2.75) is 24.2 Å². The number of rotatable bonds is 6. The quantitative estimate of drug-likeness (QED) is 0.821. The highest BCUT2D eigenvalue weighted by Crippen LogP contribution is 2.23. The van der Waals surface area contributed by atoms with E-state index in [9.17, 15) is 8.42 Å². The van der Waals surface area contributed by atoms with Crippen molar-refractivity contribution in [3.63, 3.8) is 0 Å². The van der Waals surface area contributed by atoms with E-state index in [-0.39, 0.29) is 12.4 Å². The molecule has 1 N–H and O–H groups in total. The first-order valence-corrected chi connectivity index (χ1v) is 7.60. The van der Waals surface area contributed by atoms with E-state index in [4.69, 9.17) is 5.11 Å². The minimum absolute atomic E-state index is 0.120. The van der Waals surface area contributed by atoms with E-state index >= 15 is 0 Å². The Hall–Kier alpha value is -0.390. The molecule has 1 rings (SSSR count). The SMILES string of the molecule is O=S(=O)(CCCCCO)c1ccccc1Br. The molecule has 0 unspecified atom stereocenters. The molecule has 0 aliphatic heterocycles. The van der Waals surface area contributed by atoms with E-state index in [2.05, 4.69) is 15.9 Å². The first kappa shape index (κ1) is 13.7. The molecule has 0 atom stereocenters. The lowest BCUT2D eigenvalue weighted by atomic mass is 10.3. The molecule has 1 aromatic rings. The highest BCUT2D eigenvalue weighted by atomic mass is 79.9. The Bertz CT molecular complexity index is 429. The van der Waals surface area contributed by atoms with Crippen LogP contribution in [0.15, 0.2) is 33.6 Å². The van der Waals surface area contributed by atoms with Gasteiger partial charge in [0, 0.05) is 11.1 Å². The predicted octanol–water partition coefficient (Wildman–Crippen LogP) is 2.39. The molecular formula is C11H15BrO3S. The van der Waals surface area contributed by atoms with Crippen LogP contribution < -0.4 is 0 Å². The highest BCUT2D eigenvalue weighted by Gasteiger charge is 2.16. The smallest absolute Gasteiger partial charge is 0.179 e. The molecule has 0 bridgehead atoms. The summed E-state index contributed by atoms with van der Waals surface area (Å²) in [5.41, 5.74) is 0. The molecule has 0 saturated heterocycles. The van der Waals surface area contributed by atoms with Gasteiger partial charge in [-0.3, -0.25) is 0 Å². The monoisotopic (exact) mass is 306 g/mol. The molecule has 5 heteroatoms. The van der Waals surface area contributed by atoms with Crippen LogP contribution in [0.1, 0.15) is 19.3 Å².